The van der Waals surface area contributed by atoms with E-state index in [1.54, 1.807) is 6.07 Å². The molecule has 0 unspecified atom stereocenters. The maximum Gasteiger partial charge on any atom is 0.275 e. The van der Waals surface area contributed by atoms with Crippen LogP contribution < -0.4 is 5.32 Å². The van der Waals surface area contributed by atoms with E-state index in [0.717, 1.165) is 11.1 Å². The quantitative estimate of drug-likeness (QED) is 0.841. The van der Waals surface area contributed by atoms with E-state index >= 15 is 0 Å². The molecule has 1 aromatic heterocycles. The third kappa shape index (κ3) is 4.13. The van der Waals surface area contributed by atoms with Crippen LogP contribution in [0.4, 0.5) is 5.69 Å². The number of amides is 1. The second kappa shape index (κ2) is 7.17. The number of anilines is 1. The highest BCUT2D eigenvalue weighted by molar-refractivity contribution is 6.03. The van der Waals surface area contributed by atoms with Gasteiger partial charge in [-0.15, -0.1) is 0 Å². The number of aliphatic hydroxyl groups excluding tert-OH is 1. The lowest BCUT2D eigenvalue weighted by atomic mass is 10.1. The molecule has 2 rings (SSSR count). The molecule has 0 bridgehead atoms. The lowest BCUT2D eigenvalue weighted by Gasteiger charge is -2.08. The summed E-state index contributed by atoms with van der Waals surface area (Å²) in [7, 11) is 0. The zero-order valence-electron chi connectivity index (χ0n) is 11.6. The normalized spacial score (nSPS) is 9.62. The van der Waals surface area contributed by atoms with Crippen LogP contribution in [0, 0.1) is 18.8 Å². The minimum atomic E-state index is -0.301. The smallest absolute Gasteiger partial charge is 0.275 e. The molecule has 0 saturated heterocycles. The highest BCUT2D eigenvalue weighted by Gasteiger charge is 2.08. The van der Waals surface area contributed by atoms with E-state index in [2.05, 4.69) is 27.1 Å². The highest BCUT2D eigenvalue weighted by Crippen LogP contribution is 2.16. The number of benzene rings is 1. The molecular formula is C16H15N3O2. The monoisotopic (exact) mass is 281 g/mol. The zero-order valence-corrected chi connectivity index (χ0v) is 11.6. The molecule has 21 heavy (non-hydrogen) atoms. The van der Waals surface area contributed by atoms with Gasteiger partial charge >= 0.3 is 0 Å². The molecule has 1 aromatic carbocycles. The van der Waals surface area contributed by atoms with E-state index in [1.165, 1.54) is 18.6 Å². The van der Waals surface area contributed by atoms with E-state index in [0.29, 0.717) is 12.1 Å². The van der Waals surface area contributed by atoms with Crippen molar-refractivity contribution in [2.75, 3.05) is 11.9 Å². The van der Waals surface area contributed by atoms with E-state index in [-0.39, 0.29) is 18.2 Å². The van der Waals surface area contributed by atoms with Gasteiger partial charge in [-0.3, -0.25) is 9.78 Å². The van der Waals surface area contributed by atoms with Gasteiger partial charge in [-0.2, -0.15) is 0 Å². The average Bonchev–Trinajstić information content (AvgIpc) is 2.51. The first-order valence-corrected chi connectivity index (χ1v) is 6.48. The largest absolute Gasteiger partial charge is 0.395 e. The number of rotatable bonds is 3. The van der Waals surface area contributed by atoms with E-state index in [4.69, 9.17) is 5.11 Å². The first-order valence-electron chi connectivity index (χ1n) is 6.48. The van der Waals surface area contributed by atoms with Crippen LogP contribution in [0.3, 0.4) is 0 Å². The van der Waals surface area contributed by atoms with Gasteiger partial charge in [0.2, 0.25) is 0 Å². The summed E-state index contributed by atoms with van der Waals surface area (Å²) in [6, 6.07) is 5.51. The molecule has 0 spiro atoms. The van der Waals surface area contributed by atoms with Crippen LogP contribution in [0.15, 0.2) is 36.8 Å². The van der Waals surface area contributed by atoms with E-state index in [1.807, 2.05) is 19.1 Å². The van der Waals surface area contributed by atoms with Gasteiger partial charge in [0.15, 0.2) is 0 Å². The van der Waals surface area contributed by atoms with Gasteiger partial charge in [0.1, 0.15) is 5.69 Å². The zero-order chi connectivity index (χ0) is 15.1. The number of aliphatic hydroxyl groups is 1. The van der Waals surface area contributed by atoms with Crippen molar-refractivity contribution in [2.45, 2.75) is 13.3 Å². The number of carbonyl (C=O) groups excluding carboxylic acids is 1. The highest BCUT2D eigenvalue weighted by atomic mass is 16.2. The number of carbonyl (C=O) groups is 1. The number of nitrogens with zero attached hydrogens (tertiary/aromatic N) is 2. The molecule has 1 amide bonds. The Morgan fingerprint density at radius 1 is 1.38 bits per heavy atom. The second-order valence-electron chi connectivity index (χ2n) is 4.35. The minimum Gasteiger partial charge on any atom is -0.395 e. The molecule has 0 aliphatic carbocycles. The molecule has 2 aromatic rings. The van der Waals surface area contributed by atoms with Gasteiger partial charge in [-0.05, 0) is 30.7 Å². The molecule has 5 nitrogen and oxygen atoms in total. The number of hydrogen-bond donors (Lipinski definition) is 2. The summed E-state index contributed by atoms with van der Waals surface area (Å²) < 4.78 is 0. The summed E-state index contributed by atoms with van der Waals surface area (Å²) in [4.78, 5) is 19.8. The molecular weight excluding hydrogens is 266 g/mol. The van der Waals surface area contributed by atoms with Gasteiger partial charge in [0.05, 0.1) is 12.8 Å². The standard InChI is InChI=1S/C16H15N3O2/c1-12-10-13(4-2-3-9-20)5-6-14(12)19-16(21)15-11-17-7-8-18-15/h5-8,10-11,20H,3,9H2,1H3,(H,19,21). The van der Waals surface area contributed by atoms with Crippen molar-refractivity contribution < 1.29 is 9.90 Å². The molecule has 5 heteroatoms. The van der Waals surface area contributed by atoms with Crippen molar-refractivity contribution in [3.8, 4) is 11.8 Å². The molecule has 0 atom stereocenters. The lowest BCUT2D eigenvalue weighted by Crippen LogP contribution is -2.14. The fourth-order valence-corrected chi connectivity index (χ4v) is 1.70. The van der Waals surface area contributed by atoms with E-state index in [9.17, 15) is 4.79 Å². The van der Waals surface area contributed by atoms with E-state index < -0.39 is 0 Å². The van der Waals surface area contributed by atoms with Crippen LogP contribution in [-0.4, -0.2) is 27.6 Å². The third-order valence-corrected chi connectivity index (χ3v) is 2.74. The summed E-state index contributed by atoms with van der Waals surface area (Å²) in [5.41, 5.74) is 2.73. The number of aromatic nitrogens is 2. The van der Waals surface area contributed by atoms with Crippen molar-refractivity contribution in [2.24, 2.45) is 0 Å². The number of hydrogen-bond acceptors (Lipinski definition) is 4. The Morgan fingerprint density at radius 2 is 2.24 bits per heavy atom. The SMILES string of the molecule is Cc1cc(C#CCCO)ccc1NC(=O)c1cnccn1. The summed E-state index contributed by atoms with van der Waals surface area (Å²) in [5, 5.41) is 11.5. The predicted molar refractivity (Wildman–Crippen MR) is 79.7 cm³/mol. The fourth-order valence-electron chi connectivity index (χ4n) is 1.70. The predicted octanol–water partition coefficient (Wildman–Crippen LogP) is 1.77. The molecule has 0 fully saturated rings. The molecule has 1 heterocycles. The van der Waals surface area contributed by atoms with Crippen molar-refractivity contribution in [1.29, 1.82) is 0 Å². The van der Waals surface area contributed by atoms with Crippen molar-refractivity contribution in [3.05, 3.63) is 53.6 Å². The van der Waals surface area contributed by atoms with Gasteiger partial charge in [0, 0.05) is 30.1 Å². The summed E-state index contributed by atoms with van der Waals surface area (Å²) in [5.74, 6) is 5.51. The fraction of sp³-hybridized carbons (Fsp3) is 0.188. The Balaban J connectivity index is 2.12. The topological polar surface area (TPSA) is 75.1 Å². The Morgan fingerprint density at radius 3 is 2.90 bits per heavy atom. The third-order valence-electron chi connectivity index (χ3n) is 2.74. The van der Waals surface area contributed by atoms with Crippen molar-refractivity contribution in [3.63, 3.8) is 0 Å². The first kappa shape index (κ1) is 14.7. The maximum absolute atomic E-state index is 12.0. The lowest BCUT2D eigenvalue weighted by molar-refractivity contribution is 0.102. The second-order valence-corrected chi connectivity index (χ2v) is 4.35. The summed E-state index contributed by atoms with van der Waals surface area (Å²) in [6.07, 6.45) is 4.85. The van der Waals surface area contributed by atoms with Gasteiger partial charge in [-0.1, -0.05) is 11.8 Å². The van der Waals surface area contributed by atoms with Crippen molar-refractivity contribution in [1.82, 2.24) is 9.97 Å². The Hall–Kier alpha value is -2.71. The van der Waals surface area contributed by atoms with Crippen molar-refractivity contribution >= 4 is 11.6 Å². The Bertz CT molecular complexity index is 688. The summed E-state index contributed by atoms with van der Waals surface area (Å²) >= 11 is 0. The molecule has 0 aliphatic heterocycles. The first-order chi connectivity index (χ1) is 10.2. The molecule has 2 N–H and O–H groups in total. The van der Waals surface area contributed by atoms with Gasteiger partial charge < -0.3 is 10.4 Å². The van der Waals surface area contributed by atoms with Crippen LogP contribution in [0.25, 0.3) is 0 Å². The van der Waals surface area contributed by atoms with Crippen LogP contribution in [0.1, 0.15) is 28.0 Å². The van der Waals surface area contributed by atoms with Crippen LogP contribution in [0.5, 0.6) is 0 Å². The minimum absolute atomic E-state index is 0.0538. The number of nitrogens with one attached hydrogen (secondary N) is 1. The Kier molecular flexibility index (Phi) is 5.02. The van der Waals surface area contributed by atoms with Gasteiger partial charge in [0.25, 0.3) is 5.91 Å². The van der Waals surface area contributed by atoms with Crippen LogP contribution >= 0.6 is 0 Å². The molecule has 0 aliphatic rings. The molecule has 106 valence electrons. The number of aryl methyl sites for hydroxylation is 1. The average molecular weight is 281 g/mol. The van der Waals surface area contributed by atoms with Gasteiger partial charge in [-0.25, -0.2) is 4.98 Å². The Labute approximate surface area is 123 Å². The maximum atomic E-state index is 12.0. The molecule has 0 saturated carbocycles. The summed E-state index contributed by atoms with van der Waals surface area (Å²) in [6.45, 7) is 1.95. The van der Waals surface area contributed by atoms with Crippen LogP contribution in [-0.2, 0) is 0 Å². The molecule has 0 radical (unpaired) electrons. The van der Waals surface area contributed by atoms with Crippen LogP contribution in [0.2, 0.25) is 0 Å².